The molecule has 0 unspecified atom stereocenters. The van der Waals surface area contributed by atoms with Crippen LogP contribution in [0.15, 0.2) is 17.0 Å². The molecule has 1 aromatic rings. The van der Waals surface area contributed by atoms with Gasteiger partial charge >= 0.3 is 0 Å². The fraction of sp³-hybridized carbons (Fsp3) is 0.545. The van der Waals surface area contributed by atoms with Crippen molar-refractivity contribution < 1.29 is 18.7 Å². The van der Waals surface area contributed by atoms with Crippen LogP contribution in [-0.2, 0) is 9.53 Å². The number of carbonyl (C=O) groups excluding carboxylic acids is 2. The molecule has 1 saturated heterocycles. The maximum absolute atomic E-state index is 12.1. The quantitative estimate of drug-likeness (QED) is 0.778. The Kier molecular flexibility index (Phi) is 3.33. The molecule has 7 heteroatoms. The van der Waals surface area contributed by atoms with E-state index in [0.717, 1.165) is 0 Å². The van der Waals surface area contributed by atoms with E-state index in [2.05, 4.69) is 10.3 Å². The third-order valence-corrected chi connectivity index (χ3v) is 2.91. The molecule has 1 aromatic heterocycles. The van der Waals surface area contributed by atoms with Crippen LogP contribution in [0.3, 0.4) is 0 Å². The summed E-state index contributed by atoms with van der Waals surface area (Å²) in [5.41, 5.74) is -1.03. The van der Waals surface area contributed by atoms with Gasteiger partial charge in [-0.2, -0.15) is 0 Å². The minimum atomic E-state index is -1.03. The lowest BCUT2D eigenvalue weighted by Crippen LogP contribution is -2.58. The Morgan fingerprint density at radius 1 is 1.56 bits per heavy atom. The molecule has 0 spiro atoms. The number of hydrogen-bond acceptors (Lipinski definition) is 5. The molecule has 2 rings (SSSR count). The zero-order valence-corrected chi connectivity index (χ0v) is 10.3. The normalized spacial score (nSPS) is 23.8. The first kappa shape index (κ1) is 12.6. The third-order valence-electron chi connectivity index (χ3n) is 2.91. The average Bonchev–Trinajstić information content (AvgIpc) is 2.90. The Morgan fingerprint density at radius 2 is 2.33 bits per heavy atom. The van der Waals surface area contributed by atoms with E-state index in [0.29, 0.717) is 13.2 Å². The smallest absolute Gasteiger partial charge is 0.291 e. The van der Waals surface area contributed by atoms with E-state index in [4.69, 9.17) is 9.15 Å². The Hall–Kier alpha value is -1.89. The van der Waals surface area contributed by atoms with Gasteiger partial charge in [0.1, 0.15) is 0 Å². The minimum absolute atomic E-state index is 0.163. The van der Waals surface area contributed by atoms with Crippen LogP contribution in [0.4, 0.5) is 0 Å². The van der Waals surface area contributed by atoms with Crippen LogP contribution >= 0.6 is 0 Å². The standard InChI is InChI=1S/C11H15N3O4/c1-11(10(16)12-2)6-14(3-4-18-11)9(15)8-5-13-7-17-8/h5,7H,3-4,6H2,1-2H3,(H,12,16)/t11-/m1/s1. The van der Waals surface area contributed by atoms with Crippen molar-refractivity contribution in [2.45, 2.75) is 12.5 Å². The first-order valence-electron chi connectivity index (χ1n) is 5.61. The van der Waals surface area contributed by atoms with Crippen molar-refractivity contribution in [2.24, 2.45) is 0 Å². The number of morpholine rings is 1. The summed E-state index contributed by atoms with van der Waals surface area (Å²) < 4.78 is 10.4. The number of amides is 2. The first-order valence-corrected chi connectivity index (χ1v) is 5.61. The summed E-state index contributed by atoms with van der Waals surface area (Å²) in [6.45, 7) is 2.58. The summed E-state index contributed by atoms with van der Waals surface area (Å²) in [7, 11) is 1.54. The molecule has 0 saturated carbocycles. The molecule has 0 radical (unpaired) electrons. The molecule has 2 amide bonds. The summed E-state index contributed by atoms with van der Waals surface area (Å²) >= 11 is 0. The van der Waals surface area contributed by atoms with Gasteiger partial charge in [-0.05, 0) is 6.92 Å². The highest BCUT2D eigenvalue weighted by molar-refractivity contribution is 5.92. The van der Waals surface area contributed by atoms with Gasteiger partial charge in [-0.3, -0.25) is 9.59 Å². The largest absolute Gasteiger partial charge is 0.438 e. The van der Waals surface area contributed by atoms with Gasteiger partial charge in [0.2, 0.25) is 5.76 Å². The maximum Gasteiger partial charge on any atom is 0.291 e. The summed E-state index contributed by atoms with van der Waals surface area (Å²) in [6.07, 6.45) is 2.56. The Morgan fingerprint density at radius 3 is 2.94 bits per heavy atom. The number of hydrogen-bond donors (Lipinski definition) is 1. The fourth-order valence-electron chi connectivity index (χ4n) is 1.92. The predicted octanol–water partition coefficient (Wildman–Crippen LogP) is -0.348. The second-order valence-electron chi connectivity index (χ2n) is 4.25. The number of ether oxygens (including phenoxy) is 1. The Balaban J connectivity index is 2.12. The molecule has 2 heterocycles. The van der Waals surface area contributed by atoms with Crippen molar-refractivity contribution in [1.82, 2.24) is 15.2 Å². The van der Waals surface area contributed by atoms with E-state index in [1.54, 1.807) is 6.92 Å². The van der Waals surface area contributed by atoms with Gasteiger partial charge in [-0.25, -0.2) is 4.98 Å². The van der Waals surface area contributed by atoms with Gasteiger partial charge in [-0.15, -0.1) is 0 Å². The van der Waals surface area contributed by atoms with E-state index in [-0.39, 0.29) is 24.1 Å². The van der Waals surface area contributed by atoms with E-state index < -0.39 is 5.60 Å². The van der Waals surface area contributed by atoms with E-state index in [9.17, 15) is 9.59 Å². The first-order chi connectivity index (χ1) is 8.57. The van der Waals surface area contributed by atoms with Crippen LogP contribution in [0.2, 0.25) is 0 Å². The summed E-state index contributed by atoms with van der Waals surface area (Å²) in [6, 6.07) is 0. The second kappa shape index (κ2) is 4.77. The van der Waals surface area contributed by atoms with E-state index in [1.807, 2.05) is 0 Å². The average molecular weight is 253 g/mol. The van der Waals surface area contributed by atoms with Gasteiger partial charge < -0.3 is 19.4 Å². The van der Waals surface area contributed by atoms with Crippen molar-refractivity contribution in [3.8, 4) is 0 Å². The summed E-state index contributed by atoms with van der Waals surface area (Å²) in [5, 5.41) is 2.53. The molecule has 0 bridgehead atoms. The van der Waals surface area contributed by atoms with Crippen LogP contribution in [0.1, 0.15) is 17.5 Å². The minimum Gasteiger partial charge on any atom is -0.438 e. The second-order valence-corrected chi connectivity index (χ2v) is 4.25. The lowest BCUT2D eigenvalue weighted by molar-refractivity contribution is -0.153. The summed E-state index contributed by atoms with van der Waals surface area (Å²) in [5.74, 6) is -0.375. The van der Waals surface area contributed by atoms with E-state index >= 15 is 0 Å². The van der Waals surface area contributed by atoms with Crippen LogP contribution in [-0.4, -0.2) is 54.0 Å². The lowest BCUT2D eigenvalue weighted by atomic mass is 10.0. The van der Waals surface area contributed by atoms with Crippen molar-refractivity contribution in [3.63, 3.8) is 0 Å². The zero-order chi connectivity index (χ0) is 13.2. The highest BCUT2D eigenvalue weighted by Crippen LogP contribution is 2.19. The van der Waals surface area contributed by atoms with E-state index in [1.165, 1.54) is 24.5 Å². The summed E-state index contributed by atoms with van der Waals surface area (Å²) in [4.78, 5) is 29.0. The van der Waals surface area contributed by atoms with Crippen LogP contribution in [0.25, 0.3) is 0 Å². The highest BCUT2D eigenvalue weighted by atomic mass is 16.5. The zero-order valence-electron chi connectivity index (χ0n) is 10.3. The molecule has 1 aliphatic heterocycles. The number of rotatable bonds is 2. The van der Waals surface area contributed by atoms with Gasteiger partial charge in [0.05, 0.1) is 19.3 Å². The number of nitrogens with zero attached hydrogens (tertiary/aromatic N) is 2. The molecule has 1 atom stereocenters. The topological polar surface area (TPSA) is 84.7 Å². The number of oxazole rings is 1. The maximum atomic E-state index is 12.1. The molecule has 0 aromatic carbocycles. The molecule has 1 aliphatic rings. The predicted molar refractivity (Wildman–Crippen MR) is 60.8 cm³/mol. The monoisotopic (exact) mass is 253 g/mol. The molecular weight excluding hydrogens is 238 g/mol. The van der Waals surface area contributed by atoms with Gasteiger partial charge in [0, 0.05) is 13.6 Å². The highest BCUT2D eigenvalue weighted by Gasteiger charge is 2.40. The van der Waals surface area contributed by atoms with Crippen LogP contribution < -0.4 is 5.32 Å². The van der Waals surface area contributed by atoms with Gasteiger partial charge in [0.15, 0.2) is 12.0 Å². The number of aromatic nitrogens is 1. The van der Waals surface area contributed by atoms with Crippen LogP contribution in [0, 0.1) is 0 Å². The van der Waals surface area contributed by atoms with Gasteiger partial charge in [0.25, 0.3) is 11.8 Å². The number of nitrogens with one attached hydrogen (secondary N) is 1. The van der Waals surface area contributed by atoms with Crippen LogP contribution in [0.5, 0.6) is 0 Å². The molecule has 18 heavy (non-hydrogen) atoms. The Labute approximate surface area is 104 Å². The Bertz CT molecular complexity index is 445. The molecule has 98 valence electrons. The lowest BCUT2D eigenvalue weighted by Gasteiger charge is -2.38. The van der Waals surface area contributed by atoms with Crippen molar-refractivity contribution >= 4 is 11.8 Å². The molecule has 1 fully saturated rings. The van der Waals surface area contributed by atoms with Crippen molar-refractivity contribution in [3.05, 3.63) is 18.4 Å². The molecule has 7 nitrogen and oxygen atoms in total. The fourth-order valence-corrected chi connectivity index (χ4v) is 1.92. The van der Waals surface area contributed by atoms with Crippen molar-refractivity contribution in [2.75, 3.05) is 26.7 Å². The molecule has 0 aliphatic carbocycles. The van der Waals surface area contributed by atoms with Crippen molar-refractivity contribution in [1.29, 1.82) is 0 Å². The molecular formula is C11H15N3O4. The third kappa shape index (κ3) is 2.21. The van der Waals surface area contributed by atoms with Gasteiger partial charge in [-0.1, -0.05) is 0 Å². The molecule has 1 N–H and O–H groups in total. The number of carbonyl (C=O) groups is 2. The number of likely N-dealkylation sites (N-methyl/N-ethyl adjacent to an activating group) is 1. The SMILES string of the molecule is CNC(=O)[C@@]1(C)CN(C(=O)c2cnco2)CCO1.